The first-order chi connectivity index (χ1) is 11.1. The molecule has 1 aliphatic rings. The van der Waals surface area contributed by atoms with E-state index in [0.717, 1.165) is 42.5 Å². The largest absolute Gasteiger partial charge is 0.357 e. The van der Waals surface area contributed by atoms with Crippen molar-refractivity contribution in [2.24, 2.45) is 10.9 Å². The van der Waals surface area contributed by atoms with Gasteiger partial charge in [0.15, 0.2) is 5.96 Å². The highest BCUT2D eigenvalue weighted by atomic mass is 127. The van der Waals surface area contributed by atoms with E-state index in [0.29, 0.717) is 19.6 Å². The second kappa shape index (κ2) is 10.9. The highest BCUT2D eigenvalue weighted by Gasteiger charge is 2.28. The summed E-state index contributed by atoms with van der Waals surface area (Å²) in [6.07, 6.45) is 2.94. The summed E-state index contributed by atoms with van der Waals surface area (Å²) >= 11 is 1.74. The maximum Gasteiger partial charge on any atom is 0.223 e. The molecular weight excluding hydrogens is 437 g/mol. The van der Waals surface area contributed by atoms with Crippen molar-refractivity contribution in [3.05, 3.63) is 15.6 Å². The van der Waals surface area contributed by atoms with E-state index in [1.54, 1.807) is 11.3 Å². The molecule has 0 aromatic carbocycles. The van der Waals surface area contributed by atoms with Crippen molar-refractivity contribution in [3.63, 3.8) is 0 Å². The van der Waals surface area contributed by atoms with Gasteiger partial charge in [-0.3, -0.25) is 9.79 Å². The van der Waals surface area contributed by atoms with Gasteiger partial charge in [-0.25, -0.2) is 4.98 Å². The van der Waals surface area contributed by atoms with Crippen LogP contribution in [0.25, 0.3) is 0 Å². The lowest BCUT2D eigenvalue weighted by atomic mass is 10.4. The van der Waals surface area contributed by atoms with E-state index in [2.05, 4.69) is 32.9 Å². The Labute approximate surface area is 165 Å². The Morgan fingerprint density at radius 2 is 1.96 bits per heavy atom. The number of carbonyl (C=O) groups is 1. The summed E-state index contributed by atoms with van der Waals surface area (Å²) < 4.78 is 0. The molecule has 1 heterocycles. The molecule has 1 aliphatic carbocycles. The van der Waals surface area contributed by atoms with Crippen LogP contribution in [-0.4, -0.2) is 43.0 Å². The van der Waals surface area contributed by atoms with Crippen LogP contribution in [0.15, 0.2) is 4.99 Å². The number of guanidine groups is 1. The molecule has 1 amide bonds. The molecule has 0 aliphatic heterocycles. The molecule has 0 spiro atoms. The van der Waals surface area contributed by atoms with Crippen LogP contribution in [0, 0.1) is 19.8 Å². The predicted octanol–water partition coefficient (Wildman–Crippen LogP) is 2.00. The van der Waals surface area contributed by atoms with Gasteiger partial charge in [0.1, 0.15) is 0 Å². The molecule has 1 aromatic heterocycles. The quantitative estimate of drug-likeness (QED) is 0.238. The summed E-state index contributed by atoms with van der Waals surface area (Å²) in [4.78, 5) is 21.9. The normalized spacial score (nSPS) is 14.0. The first-order valence-electron chi connectivity index (χ1n) is 8.33. The van der Waals surface area contributed by atoms with Gasteiger partial charge in [-0.1, -0.05) is 0 Å². The lowest BCUT2D eigenvalue weighted by Gasteiger charge is -2.11. The maximum absolute atomic E-state index is 11.5. The average Bonchev–Trinajstić information content (AvgIpc) is 3.31. The van der Waals surface area contributed by atoms with E-state index in [9.17, 15) is 4.79 Å². The van der Waals surface area contributed by atoms with Crippen molar-refractivity contribution in [1.29, 1.82) is 0 Å². The molecule has 0 unspecified atom stereocenters. The highest BCUT2D eigenvalue weighted by molar-refractivity contribution is 14.0. The Balaban J connectivity index is 0.00000288. The first-order valence-corrected chi connectivity index (χ1v) is 9.14. The van der Waals surface area contributed by atoms with Gasteiger partial charge in [0.05, 0.1) is 10.7 Å². The van der Waals surface area contributed by atoms with Gasteiger partial charge in [0.25, 0.3) is 0 Å². The topological polar surface area (TPSA) is 78.4 Å². The number of aliphatic imine (C=N–C) groups is 1. The van der Waals surface area contributed by atoms with Crippen molar-refractivity contribution in [1.82, 2.24) is 20.9 Å². The van der Waals surface area contributed by atoms with Crippen LogP contribution in [0.4, 0.5) is 0 Å². The number of hydrogen-bond donors (Lipinski definition) is 3. The summed E-state index contributed by atoms with van der Waals surface area (Å²) in [5.41, 5.74) is 1.12. The fourth-order valence-electron chi connectivity index (χ4n) is 2.11. The molecule has 0 bridgehead atoms. The molecule has 136 valence electrons. The van der Waals surface area contributed by atoms with Gasteiger partial charge in [0, 0.05) is 43.4 Å². The number of aromatic nitrogens is 1. The Bertz CT molecular complexity index is 537. The Morgan fingerprint density at radius 3 is 2.54 bits per heavy atom. The minimum absolute atomic E-state index is 0. The number of hydrogen-bond acceptors (Lipinski definition) is 4. The van der Waals surface area contributed by atoms with Gasteiger partial charge in [0.2, 0.25) is 5.91 Å². The first kappa shape index (κ1) is 21.1. The monoisotopic (exact) mass is 465 g/mol. The van der Waals surface area contributed by atoms with Crippen LogP contribution in [0.5, 0.6) is 0 Å². The highest BCUT2D eigenvalue weighted by Crippen LogP contribution is 2.28. The van der Waals surface area contributed by atoms with Gasteiger partial charge in [-0.2, -0.15) is 0 Å². The van der Waals surface area contributed by atoms with E-state index in [1.807, 2.05) is 13.8 Å². The molecule has 0 atom stereocenters. The summed E-state index contributed by atoms with van der Waals surface area (Å²) in [6, 6.07) is 0. The SMILES string of the molecule is CCNC(=NCCc1nc(C)c(C)s1)NCCNC(=O)C1CC1.I. The van der Waals surface area contributed by atoms with Gasteiger partial charge < -0.3 is 16.0 Å². The minimum atomic E-state index is 0. The fourth-order valence-corrected chi connectivity index (χ4v) is 3.03. The van der Waals surface area contributed by atoms with Crippen LogP contribution in [0.2, 0.25) is 0 Å². The summed E-state index contributed by atoms with van der Waals surface area (Å²) in [5.74, 6) is 1.24. The van der Waals surface area contributed by atoms with Crippen molar-refractivity contribution >= 4 is 47.2 Å². The number of rotatable bonds is 8. The fraction of sp³-hybridized carbons (Fsp3) is 0.688. The third kappa shape index (κ3) is 7.33. The molecule has 1 saturated carbocycles. The molecule has 1 aromatic rings. The van der Waals surface area contributed by atoms with Gasteiger partial charge in [-0.15, -0.1) is 35.3 Å². The number of halogens is 1. The van der Waals surface area contributed by atoms with Crippen LogP contribution < -0.4 is 16.0 Å². The molecule has 8 heteroatoms. The van der Waals surface area contributed by atoms with Crippen LogP contribution in [0.1, 0.15) is 35.3 Å². The van der Waals surface area contributed by atoms with Gasteiger partial charge in [-0.05, 0) is 33.6 Å². The summed E-state index contributed by atoms with van der Waals surface area (Å²) in [7, 11) is 0. The summed E-state index contributed by atoms with van der Waals surface area (Å²) in [5, 5.41) is 10.5. The lowest BCUT2D eigenvalue weighted by molar-refractivity contribution is -0.122. The Kier molecular flexibility index (Phi) is 9.57. The smallest absolute Gasteiger partial charge is 0.223 e. The zero-order valence-electron chi connectivity index (χ0n) is 14.6. The molecule has 24 heavy (non-hydrogen) atoms. The van der Waals surface area contributed by atoms with Crippen LogP contribution in [-0.2, 0) is 11.2 Å². The lowest BCUT2D eigenvalue weighted by Crippen LogP contribution is -2.41. The van der Waals surface area contributed by atoms with Crippen LogP contribution in [0.3, 0.4) is 0 Å². The van der Waals surface area contributed by atoms with E-state index in [4.69, 9.17) is 0 Å². The number of carbonyl (C=O) groups excluding carboxylic acids is 1. The number of nitrogens with zero attached hydrogens (tertiary/aromatic N) is 2. The average molecular weight is 465 g/mol. The summed E-state index contributed by atoms with van der Waals surface area (Å²) in [6.45, 7) is 9.01. The number of aryl methyl sites for hydroxylation is 2. The zero-order chi connectivity index (χ0) is 16.7. The third-order valence-electron chi connectivity index (χ3n) is 3.68. The van der Waals surface area contributed by atoms with E-state index >= 15 is 0 Å². The molecule has 1 fully saturated rings. The van der Waals surface area contributed by atoms with Crippen molar-refractivity contribution in [2.75, 3.05) is 26.2 Å². The van der Waals surface area contributed by atoms with E-state index < -0.39 is 0 Å². The number of nitrogens with one attached hydrogen (secondary N) is 3. The second-order valence-corrected chi connectivity index (χ2v) is 7.04. The molecule has 0 saturated heterocycles. The van der Waals surface area contributed by atoms with Crippen molar-refractivity contribution in [2.45, 2.75) is 40.0 Å². The Morgan fingerprint density at radius 1 is 1.25 bits per heavy atom. The minimum Gasteiger partial charge on any atom is -0.357 e. The second-order valence-electron chi connectivity index (χ2n) is 5.75. The molecular formula is C16H28IN5OS. The molecule has 6 nitrogen and oxygen atoms in total. The third-order valence-corrected chi connectivity index (χ3v) is 4.81. The standard InChI is InChI=1S/C16H27N5OS.HI/c1-4-17-16(20-10-9-18-15(22)13-5-6-13)19-8-7-14-21-11(2)12(3)23-14;/h13H,4-10H2,1-3H3,(H,18,22)(H2,17,19,20);1H. The van der Waals surface area contributed by atoms with Crippen LogP contribution >= 0.6 is 35.3 Å². The molecule has 0 radical (unpaired) electrons. The van der Waals surface area contributed by atoms with E-state index in [1.165, 1.54) is 4.88 Å². The van der Waals surface area contributed by atoms with E-state index in [-0.39, 0.29) is 35.8 Å². The van der Waals surface area contributed by atoms with Crippen molar-refractivity contribution < 1.29 is 4.79 Å². The molecule has 3 N–H and O–H groups in total. The van der Waals surface area contributed by atoms with Crippen molar-refractivity contribution in [3.8, 4) is 0 Å². The molecule has 2 rings (SSSR count). The number of thiazole rings is 1. The zero-order valence-corrected chi connectivity index (χ0v) is 17.8. The van der Waals surface area contributed by atoms with Gasteiger partial charge >= 0.3 is 0 Å². The predicted molar refractivity (Wildman–Crippen MR) is 110 cm³/mol. The number of amides is 1. The maximum atomic E-state index is 11.5. The Hall–Kier alpha value is -0.900.